The van der Waals surface area contributed by atoms with Crippen LogP contribution in [0.5, 0.6) is 11.5 Å². The molecule has 0 aliphatic carbocycles. The van der Waals surface area contributed by atoms with Gasteiger partial charge in [0.05, 0.1) is 13.7 Å². The smallest absolute Gasteiger partial charge is 0.161 e. The largest absolute Gasteiger partial charge is 0.493 e. The Bertz CT molecular complexity index is 748. The van der Waals surface area contributed by atoms with Crippen LogP contribution in [0.25, 0.3) is 0 Å². The van der Waals surface area contributed by atoms with Gasteiger partial charge in [0.15, 0.2) is 11.5 Å². The Labute approximate surface area is 148 Å². The van der Waals surface area contributed by atoms with Gasteiger partial charge in [0.1, 0.15) is 18.3 Å². The first kappa shape index (κ1) is 17.5. The van der Waals surface area contributed by atoms with E-state index in [1.807, 2.05) is 18.2 Å². The van der Waals surface area contributed by atoms with Crippen LogP contribution in [0.15, 0.2) is 29.8 Å². The molecule has 0 bridgehead atoms. The number of ether oxygens (including phenoxy) is 2. The number of rotatable bonds is 8. The molecule has 0 amide bonds. The lowest BCUT2D eigenvalue weighted by atomic mass is 10.2. The van der Waals surface area contributed by atoms with Gasteiger partial charge in [-0.05, 0) is 44.0 Å². The Morgan fingerprint density at radius 2 is 2.12 bits per heavy atom. The summed E-state index contributed by atoms with van der Waals surface area (Å²) in [5.41, 5.74) is 2.38. The summed E-state index contributed by atoms with van der Waals surface area (Å²) in [6.45, 7) is 7.15. The number of nitrogens with one attached hydrogen (secondary N) is 1. The van der Waals surface area contributed by atoms with Crippen LogP contribution in [-0.2, 0) is 26.1 Å². The van der Waals surface area contributed by atoms with E-state index in [0.717, 1.165) is 48.2 Å². The molecule has 6 heteroatoms. The molecule has 0 saturated carbocycles. The van der Waals surface area contributed by atoms with Crippen LogP contribution in [0.1, 0.15) is 37.5 Å². The van der Waals surface area contributed by atoms with E-state index in [1.165, 1.54) is 12.0 Å². The summed E-state index contributed by atoms with van der Waals surface area (Å²) in [6, 6.07) is 6.03. The fourth-order valence-corrected chi connectivity index (χ4v) is 2.90. The van der Waals surface area contributed by atoms with Gasteiger partial charge in [-0.15, -0.1) is 10.2 Å². The van der Waals surface area contributed by atoms with Crippen LogP contribution in [-0.4, -0.2) is 28.5 Å². The van der Waals surface area contributed by atoms with Crippen molar-refractivity contribution in [1.29, 1.82) is 0 Å². The number of methoxy groups -OCH3 is 1. The molecule has 1 N–H and O–H groups in total. The monoisotopic (exact) mass is 342 g/mol. The van der Waals surface area contributed by atoms with Gasteiger partial charge < -0.3 is 19.4 Å². The van der Waals surface area contributed by atoms with Crippen LogP contribution in [0.4, 0.5) is 0 Å². The Morgan fingerprint density at radius 3 is 2.92 bits per heavy atom. The zero-order chi connectivity index (χ0) is 17.6. The van der Waals surface area contributed by atoms with Crippen molar-refractivity contribution in [2.45, 2.75) is 46.3 Å². The topological polar surface area (TPSA) is 61.2 Å². The molecule has 1 aliphatic rings. The number of allylic oxidation sites excluding steroid dienone is 1. The van der Waals surface area contributed by atoms with Crippen molar-refractivity contribution in [1.82, 2.24) is 20.1 Å². The Balaban J connectivity index is 1.56. The van der Waals surface area contributed by atoms with E-state index in [4.69, 9.17) is 9.47 Å². The average Bonchev–Trinajstić information content (AvgIpc) is 3.20. The third kappa shape index (κ3) is 4.39. The zero-order valence-electron chi connectivity index (χ0n) is 15.2. The second kappa shape index (κ2) is 8.16. The lowest BCUT2D eigenvalue weighted by molar-refractivity contribution is 0.325. The molecule has 25 heavy (non-hydrogen) atoms. The highest BCUT2D eigenvalue weighted by atomic mass is 16.5. The number of hydrogen-bond donors (Lipinski definition) is 1. The molecule has 0 spiro atoms. The molecule has 6 nitrogen and oxygen atoms in total. The molecule has 0 saturated heterocycles. The minimum absolute atomic E-state index is 0.550. The normalized spacial score (nSPS) is 12.8. The van der Waals surface area contributed by atoms with Crippen molar-refractivity contribution in [3.05, 3.63) is 47.1 Å². The summed E-state index contributed by atoms with van der Waals surface area (Å²) in [7, 11) is 1.67. The molecular formula is C19H26N4O2. The van der Waals surface area contributed by atoms with E-state index in [1.54, 1.807) is 7.11 Å². The SMILES string of the molecule is COc1cc(CNCc2nnc3n2CCC3)ccc1OCC=C(C)C. The van der Waals surface area contributed by atoms with Crippen molar-refractivity contribution in [3.63, 3.8) is 0 Å². The first-order valence-electron chi connectivity index (χ1n) is 8.72. The Kier molecular flexibility index (Phi) is 5.71. The highest BCUT2D eigenvalue weighted by Gasteiger charge is 2.16. The van der Waals surface area contributed by atoms with E-state index in [0.29, 0.717) is 13.2 Å². The molecule has 0 atom stereocenters. The Morgan fingerprint density at radius 1 is 1.24 bits per heavy atom. The third-order valence-electron chi connectivity index (χ3n) is 4.26. The summed E-state index contributed by atoms with van der Waals surface area (Å²) < 4.78 is 13.4. The molecule has 1 aromatic carbocycles. The van der Waals surface area contributed by atoms with E-state index in [9.17, 15) is 0 Å². The highest BCUT2D eigenvalue weighted by molar-refractivity contribution is 5.43. The van der Waals surface area contributed by atoms with E-state index < -0.39 is 0 Å². The molecule has 1 aromatic heterocycles. The van der Waals surface area contributed by atoms with E-state index in [2.05, 4.69) is 40.0 Å². The minimum atomic E-state index is 0.550. The number of aromatic nitrogens is 3. The van der Waals surface area contributed by atoms with Gasteiger partial charge in [-0.2, -0.15) is 0 Å². The summed E-state index contributed by atoms with van der Waals surface area (Å²) in [4.78, 5) is 0. The van der Waals surface area contributed by atoms with Gasteiger partial charge in [0, 0.05) is 19.5 Å². The molecule has 3 rings (SSSR count). The first-order valence-corrected chi connectivity index (χ1v) is 8.72. The quantitative estimate of drug-likeness (QED) is 0.748. The fourth-order valence-electron chi connectivity index (χ4n) is 2.90. The molecule has 0 radical (unpaired) electrons. The van der Waals surface area contributed by atoms with Gasteiger partial charge >= 0.3 is 0 Å². The van der Waals surface area contributed by atoms with Crippen molar-refractivity contribution in [3.8, 4) is 11.5 Å². The molecule has 0 unspecified atom stereocenters. The summed E-state index contributed by atoms with van der Waals surface area (Å²) in [5, 5.41) is 11.9. The summed E-state index contributed by atoms with van der Waals surface area (Å²) >= 11 is 0. The minimum Gasteiger partial charge on any atom is -0.493 e. The lowest BCUT2D eigenvalue weighted by Crippen LogP contribution is -2.16. The fraction of sp³-hybridized carbons (Fsp3) is 0.474. The number of aryl methyl sites for hydroxylation is 1. The van der Waals surface area contributed by atoms with Crippen LogP contribution in [0, 0.1) is 0 Å². The van der Waals surface area contributed by atoms with Crippen molar-refractivity contribution >= 4 is 0 Å². The van der Waals surface area contributed by atoms with Gasteiger partial charge in [-0.3, -0.25) is 0 Å². The molecule has 0 fully saturated rings. The second-order valence-electron chi connectivity index (χ2n) is 6.47. The number of fused-ring (bicyclic) bond motifs is 1. The lowest BCUT2D eigenvalue weighted by Gasteiger charge is -2.12. The number of nitrogens with zero attached hydrogens (tertiary/aromatic N) is 3. The zero-order valence-corrected chi connectivity index (χ0v) is 15.2. The first-order chi connectivity index (χ1) is 12.2. The van der Waals surface area contributed by atoms with Crippen LogP contribution in [0.2, 0.25) is 0 Å². The maximum Gasteiger partial charge on any atom is 0.161 e. The second-order valence-corrected chi connectivity index (χ2v) is 6.47. The van der Waals surface area contributed by atoms with E-state index >= 15 is 0 Å². The maximum atomic E-state index is 5.76. The highest BCUT2D eigenvalue weighted by Crippen LogP contribution is 2.28. The maximum absolute atomic E-state index is 5.76. The third-order valence-corrected chi connectivity index (χ3v) is 4.26. The van der Waals surface area contributed by atoms with Crippen LogP contribution < -0.4 is 14.8 Å². The molecule has 2 heterocycles. The molecule has 2 aromatic rings. The predicted molar refractivity (Wildman–Crippen MR) is 96.8 cm³/mol. The van der Waals surface area contributed by atoms with Gasteiger partial charge in [-0.25, -0.2) is 0 Å². The standard InChI is InChI=1S/C19H26N4O2/c1-14(2)8-10-25-16-7-6-15(11-17(16)24-3)12-20-13-19-22-21-18-5-4-9-23(18)19/h6-8,11,20H,4-5,9-10,12-13H2,1-3H3. The molecular weight excluding hydrogens is 316 g/mol. The summed E-state index contributed by atoms with van der Waals surface area (Å²) in [5.74, 6) is 3.64. The average molecular weight is 342 g/mol. The number of benzene rings is 1. The predicted octanol–water partition coefficient (Wildman–Crippen LogP) is 2.87. The number of hydrogen-bond acceptors (Lipinski definition) is 5. The van der Waals surface area contributed by atoms with Crippen LogP contribution >= 0.6 is 0 Å². The molecule has 134 valence electrons. The summed E-state index contributed by atoms with van der Waals surface area (Å²) in [6.07, 6.45) is 4.26. The van der Waals surface area contributed by atoms with Crippen molar-refractivity contribution in [2.24, 2.45) is 0 Å². The van der Waals surface area contributed by atoms with Gasteiger partial charge in [0.2, 0.25) is 0 Å². The van der Waals surface area contributed by atoms with Crippen LogP contribution in [0.3, 0.4) is 0 Å². The van der Waals surface area contributed by atoms with E-state index in [-0.39, 0.29) is 0 Å². The molecule has 1 aliphatic heterocycles. The van der Waals surface area contributed by atoms with Gasteiger partial charge in [-0.1, -0.05) is 11.6 Å². The van der Waals surface area contributed by atoms with Gasteiger partial charge in [0.25, 0.3) is 0 Å². The van der Waals surface area contributed by atoms with Crippen molar-refractivity contribution in [2.75, 3.05) is 13.7 Å². The van der Waals surface area contributed by atoms with Crippen molar-refractivity contribution < 1.29 is 9.47 Å². The Hall–Kier alpha value is -2.34.